The van der Waals surface area contributed by atoms with E-state index in [1.165, 1.54) is 0 Å². The number of hydrogen-bond donors (Lipinski definition) is 2. The van der Waals surface area contributed by atoms with Crippen molar-refractivity contribution in [1.29, 1.82) is 0 Å². The Kier molecular flexibility index (Phi) is 7.56. The standard InChI is InChI=1S/C21H24N2O5/c1-4-27-21(26)17-9-11-18(12-10-17)28-13-19(24)22-23-20(25)16-7-5-15(6-8-16)14(2)3/h5-12,14H,4,13H2,1-3H3,(H,22,24)(H,23,25). The molecular weight excluding hydrogens is 360 g/mol. The van der Waals surface area contributed by atoms with Gasteiger partial charge in [0.1, 0.15) is 5.75 Å². The van der Waals surface area contributed by atoms with E-state index in [9.17, 15) is 14.4 Å². The number of hydrazine groups is 1. The van der Waals surface area contributed by atoms with Crippen LogP contribution in [0.2, 0.25) is 0 Å². The fraction of sp³-hybridized carbons (Fsp3) is 0.286. The van der Waals surface area contributed by atoms with Gasteiger partial charge in [-0.15, -0.1) is 0 Å². The largest absolute Gasteiger partial charge is 0.484 e. The fourth-order valence-electron chi connectivity index (χ4n) is 2.30. The minimum atomic E-state index is -0.512. The summed E-state index contributed by atoms with van der Waals surface area (Å²) in [5, 5.41) is 0. The monoisotopic (exact) mass is 384 g/mol. The van der Waals surface area contributed by atoms with Crippen LogP contribution in [-0.4, -0.2) is 31.0 Å². The average molecular weight is 384 g/mol. The lowest BCUT2D eigenvalue weighted by molar-refractivity contribution is -0.123. The molecule has 148 valence electrons. The molecule has 0 bridgehead atoms. The van der Waals surface area contributed by atoms with Crippen molar-refractivity contribution in [2.24, 2.45) is 0 Å². The summed E-state index contributed by atoms with van der Waals surface area (Å²) in [6.45, 7) is 5.88. The number of ether oxygens (including phenoxy) is 2. The molecule has 2 amide bonds. The molecule has 0 aliphatic rings. The van der Waals surface area contributed by atoms with Crippen LogP contribution in [0.5, 0.6) is 5.75 Å². The number of hydrogen-bond acceptors (Lipinski definition) is 5. The molecule has 0 aromatic heterocycles. The van der Waals surface area contributed by atoms with Crippen LogP contribution in [-0.2, 0) is 9.53 Å². The predicted octanol–water partition coefficient (Wildman–Crippen LogP) is 2.83. The Balaban J connectivity index is 1.77. The van der Waals surface area contributed by atoms with Crippen molar-refractivity contribution >= 4 is 17.8 Å². The van der Waals surface area contributed by atoms with Gasteiger partial charge in [-0.3, -0.25) is 20.4 Å². The van der Waals surface area contributed by atoms with Gasteiger partial charge in [-0.2, -0.15) is 0 Å². The second-order valence-electron chi connectivity index (χ2n) is 6.31. The van der Waals surface area contributed by atoms with Gasteiger partial charge in [-0.05, 0) is 54.8 Å². The van der Waals surface area contributed by atoms with Gasteiger partial charge in [-0.1, -0.05) is 26.0 Å². The number of nitrogens with one attached hydrogen (secondary N) is 2. The Bertz CT molecular complexity index is 814. The summed E-state index contributed by atoms with van der Waals surface area (Å²) in [4.78, 5) is 35.5. The number of amides is 2. The van der Waals surface area contributed by atoms with Crippen molar-refractivity contribution in [2.75, 3.05) is 13.2 Å². The summed E-state index contributed by atoms with van der Waals surface area (Å²) in [6, 6.07) is 13.4. The molecule has 2 aromatic carbocycles. The maximum Gasteiger partial charge on any atom is 0.338 e. The zero-order chi connectivity index (χ0) is 20.5. The third-order valence-electron chi connectivity index (χ3n) is 3.89. The molecule has 0 aliphatic heterocycles. The summed E-state index contributed by atoms with van der Waals surface area (Å²) in [7, 11) is 0. The van der Waals surface area contributed by atoms with E-state index in [4.69, 9.17) is 9.47 Å². The molecule has 0 atom stereocenters. The number of benzene rings is 2. The van der Waals surface area contributed by atoms with Crippen LogP contribution in [0.1, 0.15) is 53.0 Å². The van der Waals surface area contributed by atoms with Crippen LogP contribution in [0.25, 0.3) is 0 Å². The van der Waals surface area contributed by atoms with E-state index >= 15 is 0 Å². The molecule has 0 spiro atoms. The van der Waals surface area contributed by atoms with Gasteiger partial charge < -0.3 is 9.47 Å². The van der Waals surface area contributed by atoms with Gasteiger partial charge >= 0.3 is 5.97 Å². The van der Waals surface area contributed by atoms with Gasteiger partial charge in [0.2, 0.25) is 0 Å². The van der Waals surface area contributed by atoms with Crippen LogP contribution in [0.4, 0.5) is 0 Å². The topological polar surface area (TPSA) is 93.7 Å². The molecule has 2 aromatic rings. The molecular formula is C21H24N2O5. The molecule has 0 saturated heterocycles. The van der Waals surface area contributed by atoms with E-state index < -0.39 is 17.8 Å². The first kappa shape index (κ1) is 21.0. The molecule has 28 heavy (non-hydrogen) atoms. The third-order valence-corrected chi connectivity index (χ3v) is 3.89. The molecule has 2 rings (SSSR count). The van der Waals surface area contributed by atoms with E-state index in [0.717, 1.165) is 5.56 Å². The van der Waals surface area contributed by atoms with Gasteiger partial charge in [-0.25, -0.2) is 4.79 Å². The summed E-state index contributed by atoms with van der Waals surface area (Å²) in [5.41, 5.74) is 6.61. The Morgan fingerprint density at radius 1 is 0.893 bits per heavy atom. The van der Waals surface area contributed by atoms with Gasteiger partial charge in [0.15, 0.2) is 6.61 Å². The van der Waals surface area contributed by atoms with Crippen LogP contribution in [0.15, 0.2) is 48.5 Å². The molecule has 0 radical (unpaired) electrons. The van der Waals surface area contributed by atoms with Crippen LogP contribution >= 0.6 is 0 Å². The first-order valence-corrected chi connectivity index (χ1v) is 8.99. The van der Waals surface area contributed by atoms with E-state index in [1.54, 1.807) is 43.3 Å². The van der Waals surface area contributed by atoms with Crippen molar-refractivity contribution in [1.82, 2.24) is 10.9 Å². The van der Waals surface area contributed by atoms with Crippen molar-refractivity contribution in [3.63, 3.8) is 0 Å². The molecule has 0 heterocycles. The highest BCUT2D eigenvalue weighted by Gasteiger charge is 2.10. The number of carbonyl (C=O) groups excluding carboxylic acids is 3. The fourth-order valence-corrected chi connectivity index (χ4v) is 2.30. The maximum absolute atomic E-state index is 12.0. The van der Waals surface area contributed by atoms with Crippen molar-refractivity contribution in [2.45, 2.75) is 26.7 Å². The average Bonchev–Trinajstić information content (AvgIpc) is 2.71. The minimum Gasteiger partial charge on any atom is -0.484 e. The summed E-state index contributed by atoms with van der Waals surface area (Å²) >= 11 is 0. The Hall–Kier alpha value is -3.35. The number of esters is 1. The Labute approximate surface area is 164 Å². The van der Waals surface area contributed by atoms with E-state index in [0.29, 0.717) is 29.4 Å². The van der Waals surface area contributed by atoms with Crippen LogP contribution in [0.3, 0.4) is 0 Å². The quantitative estimate of drug-likeness (QED) is 0.566. The lowest BCUT2D eigenvalue weighted by Gasteiger charge is -2.10. The van der Waals surface area contributed by atoms with Crippen LogP contribution in [0, 0.1) is 0 Å². The molecule has 0 aliphatic carbocycles. The van der Waals surface area contributed by atoms with Gasteiger partial charge in [0, 0.05) is 5.56 Å². The lowest BCUT2D eigenvalue weighted by atomic mass is 10.0. The SMILES string of the molecule is CCOC(=O)c1ccc(OCC(=O)NNC(=O)c2ccc(C(C)C)cc2)cc1. The highest BCUT2D eigenvalue weighted by Crippen LogP contribution is 2.15. The zero-order valence-corrected chi connectivity index (χ0v) is 16.2. The second kappa shape index (κ2) is 10.1. The third kappa shape index (κ3) is 6.12. The predicted molar refractivity (Wildman–Crippen MR) is 104 cm³/mol. The van der Waals surface area contributed by atoms with E-state index in [-0.39, 0.29) is 6.61 Å². The van der Waals surface area contributed by atoms with E-state index in [2.05, 4.69) is 24.7 Å². The van der Waals surface area contributed by atoms with Crippen LogP contribution < -0.4 is 15.6 Å². The molecule has 2 N–H and O–H groups in total. The smallest absolute Gasteiger partial charge is 0.338 e. The summed E-state index contributed by atoms with van der Waals surface area (Å²) in [6.07, 6.45) is 0. The van der Waals surface area contributed by atoms with Gasteiger partial charge in [0.25, 0.3) is 11.8 Å². The highest BCUT2D eigenvalue weighted by atomic mass is 16.5. The summed E-state index contributed by atoms with van der Waals surface area (Å²) < 4.78 is 10.2. The highest BCUT2D eigenvalue weighted by molar-refractivity contribution is 5.95. The first-order chi connectivity index (χ1) is 13.4. The van der Waals surface area contributed by atoms with Crippen molar-refractivity contribution < 1.29 is 23.9 Å². The minimum absolute atomic E-state index is 0.286. The van der Waals surface area contributed by atoms with E-state index in [1.807, 2.05) is 12.1 Å². The lowest BCUT2D eigenvalue weighted by Crippen LogP contribution is -2.43. The second-order valence-corrected chi connectivity index (χ2v) is 6.31. The van der Waals surface area contributed by atoms with Crippen molar-refractivity contribution in [3.05, 3.63) is 65.2 Å². The van der Waals surface area contributed by atoms with Gasteiger partial charge in [0.05, 0.1) is 12.2 Å². The summed E-state index contributed by atoms with van der Waals surface area (Å²) in [5.74, 6) is -0.556. The maximum atomic E-state index is 12.0. The number of carbonyl (C=O) groups is 3. The first-order valence-electron chi connectivity index (χ1n) is 8.99. The molecule has 7 heteroatoms. The normalized spacial score (nSPS) is 10.3. The Morgan fingerprint density at radius 3 is 2.07 bits per heavy atom. The number of rotatable bonds is 7. The molecule has 7 nitrogen and oxygen atoms in total. The molecule has 0 saturated carbocycles. The molecule has 0 unspecified atom stereocenters. The zero-order valence-electron chi connectivity index (χ0n) is 16.2. The Morgan fingerprint density at radius 2 is 1.50 bits per heavy atom. The molecule has 0 fully saturated rings. The van der Waals surface area contributed by atoms with Crippen molar-refractivity contribution in [3.8, 4) is 5.75 Å².